The van der Waals surface area contributed by atoms with Crippen LogP contribution in [0.15, 0.2) is 70.7 Å². The van der Waals surface area contributed by atoms with E-state index in [0.29, 0.717) is 37.6 Å². The highest BCUT2D eigenvalue weighted by Gasteiger charge is 2.23. The van der Waals surface area contributed by atoms with Crippen LogP contribution in [0.1, 0.15) is 5.56 Å². The number of rotatable bonds is 10. The van der Waals surface area contributed by atoms with Gasteiger partial charge in [-0.1, -0.05) is 18.2 Å². The van der Waals surface area contributed by atoms with Crippen molar-refractivity contribution in [1.82, 2.24) is 0 Å². The van der Waals surface area contributed by atoms with Crippen LogP contribution in [0.2, 0.25) is 0 Å². The zero-order chi connectivity index (χ0) is 28.0. The van der Waals surface area contributed by atoms with Crippen molar-refractivity contribution in [3.63, 3.8) is 0 Å². The molecule has 39 heavy (non-hydrogen) atoms. The van der Waals surface area contributed by atoms with Gasteiger partial charge in [-0.15, -0.1) is 0 Å². The molecular weight excluding hydrogens is 532 g/mol. The van der Waals surface area contributed by atoms with E-state index in [1.807, 2.05) is 4.90 Å². The minimum absolute atomic E-state index is 0.0769. The van der Waals surface area contributed by atoms with Gasteiger partial charge in [0.2, 0.25) is 0 Å². The van der Waals surface area contributed by atoms with Gasteiger partial charge in [-0.05, 0) is 30.3 Å². The number of hydrogen-bond donors (Lipinski definition) is 2. The number of morpholine rings is 1. The summed E-state index contributed by atoms with van der Waals surface area (Å²) >= 11 is 0. The van der Waals surface area contributed by atoms with Crippen LogP contribution in [0.3, 0.4) is 0 Å². The lowest BCUT2D eigenvalue weighted by molar-refractivity contribution is -0.384. The largest absolute Gasteiger partial charge is 0.495 e. The second-order valence-corrected chi connectivity index (χ2v) is 9.90. The molecule has 0 unspecified atom stereocenters. The summed E-state index contributed by atoms with van der Waals surface area (Å²) < 4.78 is 38.6. The monoisotopic (exact) mass is 556 g/mol. The van der Waals surface area contributed by atoms with Crippen molar-refractivity contribution in [1.29, 1.82) is 0 Å². The van der Waals surface area contributed by atoms with E-state index in [4.69, 9.17) is 9.47 Å². The quantitative estimate of drug-likeness (QED) is 0.213. The van der Waals surface area contributed by atoms with Crippen LogP contribution in [0.25, 0.3) is 0 Å². The van der Waals surface area contributed by atoms with Crippen LogP contribution in [0, 0.1) is 20.2 Å². The van der Waals surface area contributed by atoms with Gasteiger partial charge in [0.1, 0.15) is 17.1 Å². The molecule has 0 amide bonds. The molecule has 0 radical (unpaired) electrons. The molecule has 2 N–H and O–H groups in total. The van der Waals surface area contributed by atoms with Crippen LogP contribution < -0.4 is 19.8 Å². The standard InChI is InChI=1S/C24H24N6O8S/c1-37-24-5-3-2-4-20(24)27-39(35,36)18-7-8-19(22(15-18)29(31)32)26-25-16-17-6-9-21(23(14-17)30(33)34)28-10-12-38-13-11-28/h2-9,14-16,26-27H,10-13H2,1H3/b25-16+. The van der Waals surface area contributed by atoms with E-state index in [9.17, 15) is 28.6 Å². The van der Waals surface area contributed by atoms with Gasteiger partial charge in [-0.25, -0.2) is 8.42 Å². The van der Waals surface area contributed by atoms with E-state index in [-0.39, 0.29) is 27.7 Å². The maximum atomic E-state index is 12.9. The normalized spacial score (nSPS) is 13.7. The van der Waals surface area contributed by atoms with Crippen LogP contribution in [0.5, 0.6) is 5.75 Å². The number of anilines is 3. The molecule has 3 aromatic carbocycles. The molecule has 0 atom stereocenters. The van der Waals surface area contributed by atoms with Crippen LogP contribution in [-0.4, -0.2) is 57.9 Å². The lowest BCUT2D eigenvalue weighted by Gasteiger charge is -2.28. The maximum absolute atomic E-state index is 12.9. The summed E-state index contributed by atoms with van der Waals surface area (Å²) in [7, 11) is -2.80. The summed E-state index contributed by atoms with van der Waals surface area (Å²) in [6, 6.07) is 14.2. The number of nitro groups is 2. The van der Waals surface area contributed by atoms with Crippen molar-refractivity contribution in [2.24, 2.45) is 5.10 Å². The van der Waals surface area contributed by atoms with Crippen molar-refractivity contribution in [2.75, 3.05) is 48.5 Å². The Labute approximate surface area is 223 Å². The fourth-order valence-corrected chi connectivity index (χ4v) is 4.96. The Morgan fingerprint density at radius 2 is 1.69 bits per heavy atom. The number of hydrogen-bond acceptors (Lipinski definition) is 11. The number of nitrogens with one attached hydrogen (secondary N) is 2. The van der Waals surface area contributed by atoms with Crippen molar-refractivity contribution in [2.45, 2.75) is 4.90 Å². The Kier molecular flexibility index (Phi) is 8.21. The van der Waals surface area contributed by atoms with E-state index >= 15 is 0 Å². The summed E-state index contributed by atoms with van der Waals surface area (Å²) in [5.41, 5.74) is 2.80. The molecule has 0 aliphatic carbocycles. The minimum Gasteiger partial charge on any atom is -0.495 e. The molecule has 4 rings (SSSR count). The summed E-state index contributed by atoms with van der Waals surface area (Å²) in [5, 5.41) is 27.3. The van der Waals surface area contributed by atoms with Gasteiger partial charge in [0.05, 0.1) is 47.0 Å². The molecular formula is C24H24N6O8S. The topological polar surface area (TPSA) is 179 Å². The van der Waals surface area contributed by atoms with Gasteiger partial charge in [0.25, 0.3) is 21.4 Å². The molecule has 1 saturated heterocycles. The van der Waals surface area contributed by atoms with E-state index < -0.39 is 25.6 Å². The lowest BCUT2D eigenvalue weighted by Crippen LogP contribution is -2.36. The number of benzene rings is 3. The van der Waals surface area contributed by atoms with Gasteiger partial charge < -0.3 is 14.4 Å². The van der Waals surface area contributed by atoms with E-state index in [0.717, 1.165) is 6.07 Å². The highest BCUT2D eigenvalue weighted by Crippen LogP contribution is 2.32. The number of ether oxygens (including phenoxy) is 2. The first-order valence-electron chi connectivity index (χ1n) is 11.5. The fraction of sp³-hybridized carbons (Fsp3) is 0.208. The molecule has 15 heteroatoms. The molecule has 1 aliphatic heterocycles. The average Bonchev–Trinajstić information content (AvgIpc) is 2.93. The Balaban J connectivity index is 1.54. The molecule has 1 fully saturated rings. The molecule has 0 bridgehead atoms. The number of nitrogens with zero attached hydrogens (tertiary/aromatic N) is 4. The van der Waals surface area contributed by atoms with Crippen molar-refractivity contribution in [3.8, 4) is 5.75 Å². The molecule has 3 aromatic rings. The summed E-state index contributed by atoms with van der Waals surface area (Å²) in [5.74, 6) is 0.279. The molecule has 1 heterocycles. The molecule has 0 aromatic heterocycles. The number of para-hydroxylation sites is 2. The second kappa shape index (κ2) is 11.7. The first-order valence-corrected chi connectivity index (χ1v) is 13.0. The van der Waals surface area contributed by atoms with Crippen LogP contribution in [0.4, 0.5) is 28.4 Å². The SMILES string of the molecule is COc1ccccc1NS(=O)(=O)c1ccc(N/N=C/c2ccc(N3CCOCC3)c([N+](=O)[O-])c2)c([N+](=O)[O-])c1. The third-order valence-corrected chi connectivity index (χ3v) is 7.14. The third-order valence-electron chi connectivity index (χ3n) is 5.77. The summed E-state index contributed by atoms with van der Waals surface area (Å²) in [6.45, 7) is 2.00. The molecule has 1 aliphatic rings. The number of nitro benzene ring substituents is 2. The highest BCUT2D eigenvalue weighted by molar-refractivity contribution is 7.92. The van der Waals surface area contributed by atoms with E-state index in [2.05, 4.69) is 15.2 Å². The third kappa shape index (κ3) is 6.39. The molecule has 0 saturated carbocycles. The van der Waals surface area contributed by atoms with Gasteiger partial charge >= 0.3 is 0 Å². The van der Waals surface area contributed by atoms with Crippen molar-refractivity contribution in [3.05, 3.63) is 86.5 Å². The van der Waals surface area contributed by atoms with Gasteiger partial charge in [-0.2, -0.15) is 5.10 Å². The smallest absolute Gasteiger partial charge is 0.295 e. The minimum atomic E-state index is -4.18. The summed E-state index contributed by atoms with van der Waals surface area (Å²) in [6.07, 6.45) is 1.27. The van der Waals surface area contributed by atoms with Crippen LogP contribution >= 0.6 is 0 Å². The first kappa shape index (κ1) is 27.3. The zero-order valence-corrected chi connectivity index (χ0v) is 21.5. The molecule has 204 valence electrons. The zero-order valence-electron chi connectivity index (χ0n) is 20.6. The fourth-order valence-electron chi connectivity index (χ4n) is 3.87. The predicted octanol–water partition coefficient (Wildman–Crippen LogP) is 3.60. The maximum Gasteiger partial charge on any atom is 0.295 e. The van der Waals surface area contributed by atoms with Gasteiger partial charge in [0.15, 0.2) is 0 Å². The number of sulfonamides is 1. The predicted molar refractivity (Wildman–Crippen MR) is 144 cm³/mol. The van der Waals surface area contributed by atoms with E-state index in [1.54, 1.807) is 30.3 Å². The molecule has 0 spiro atoms. The Bertz CT molecular complexity index is 1520. The number of hydrazone groups is 1. The van der Waals surface area contributed by atoms with Crippen LogP contribution in [-0.2, 0) is 14.8 Å². The van der Waals surface area contributed by atoms with Crippen molar-refractivity contribution >= 4 is 44.7 Å². The second-order valence-electron chi connectivity index (χ2n) is 8.22. The van der Waals surface area contributed by atoms with Gasteiger partial charge in [0, 0.05) is 30.8 Å². The lowest BCUT2D eigenvalue weighted by atomic mass is 10.1. The summed E-state index contributed by atoms with van der Waals surface area (Å²) in [4.78, 5) is 23.6. The van der Waals surface area contributed by atoms with E-state index in [1.165, 1.54) is 37.6 Å². The average molecular weight is 557 g/mol. The highest BCUT2D eigenvalue weighted by atomic mass is 32.2. The number of methoxy groups -OCH3 is 1. The Hall–Kier alpha value is -4.76. The van der Waals surface area contributed by atoms with Crippen molar-refractivity contribution < 1.29 is 27.7 Å². The first-order chi connectivity index (χ1) is 18.7. The Morgan fingerprint density at radius 3 is 2.38 bits per heavy atom. The Morgan fingerprint density at radius 1 is 0.974 bits per heavy atom. The molecule has 14 nitrogen and oxygen atoms in total. The van der Waals surface area contributed by atoms with Gasteiger partial charge in [-0.3, -0.25) is 30.4 Å².